The summed E-state index contributed by atoms with van der Waals surface area (Å²) in [5, 5.41) is 11.0. The second-order valence-corrected chi connectivity index (χ2v) is 6.82. The molecule has 1 aliphatic rings. The maximum absolute atomic E-state index is 11.5. The van der Waals surface area contributed by atoms with E-state index in [1.165, 1.54) is 0 Å². The summed E-state index contributed by atoms with van der Waals surface area (Å²) in [6.45, 7) is 4.17. The first-order valence-electron chi connectivity index (χ1n) is 5.90. The molecule has 0 radical (unpaired) electrons. The van der Waals surface area contributed by atoms with Crippen LogP contribution in [0.2, 0.25) is 0 Å². The van der Waals surface area contributed by atoms with Crippen molar-refractivity contribution in [2.24, 2.45) is 0 Å². The van der Waals surface area contributed by atoms with Crippen LogP contribution < -0.4 is 10.2 Å². The van der Waals surface area contributed by atoms with Gasteiger partial charge in [0.15, 0.2) is 9.84 Å². The third-order valence-corrected chi connectivity index (χ3v) is 4.94. The van der Waals surface area contributed by atoms with Gasteiger partial charge in [0.05, 0.1) is 17.5 Å². The Balaban J connectivity index is 2.15. The summed E-state index contributed by atoms with van der Waals surface area (Å²) in [6, 6.07) is 0.242. The number of nitrogens with zero attached hydrogens (tertiary/aromatic N) is 3. The van der Waals surface area contributed by atoms with Crippen molar-refractivity contribution in [3.8, 4) is 0 Å². The van der Waals surface area contributed by atoms with Gasteiger partial charge in [-0.15, -0.1) is 5.10 Å². The zero-order valence-electron chi connectivity index (χ0n) is 10.8. The number of aromatic nitrogens is 2. The lowest BCUT2D eigenvalue weighted by Gasteiger charge is -2.31. The summed E-state index contributed by atoms with van der Waals surface area (Å²) >= 11 is 0. The van der Waals surface area contributed by atoms with Crippen LogP contribution in [0.5, 0.6) is 0 Å². The van der Waals surface area contributed by atoms with Crippen LogP contribution in [0, 0.1) is 0 Å². The van der Waals surface area contributed by atoms with Gasteiger partial charge in [-0.2, -0.15) is 0 Å². The van der Waals surface area contributed by atoms with Crippen molar-refractivity contribution < 1.29 is 12.8 Å². The zero-order valence-corrected chi connectivity index (χ0v) is 11.6. The van der Waals surface area contributed by atoms with Gasteiger partial charge in [-0.25, -0.2) is 8.42 Å². The number of hydrogen-bond acceptors (Lipinski definition) is 7. The van der Waals surface area contributed by atoms with Crippen molar-refractivity contribution in [2.75, 3.05) is 30.0 Å². The third kappa shape index (κ3) is 2.64. The van der Waals surface area contributed by atoms with Gasteiger partial charge in [0.25, 0.3) is 0 Å². The van der Waals surface area contributed by atoms with E-state index >= 15 is 0 Å². The van der Waals surface area contributed by atoms with E-state index in [2.05, 4.69) is 15.5 Å². The molecule has 8 heteroatoms. The van der Waals surface area contributed by atoms with E-state index in [1.54, 1.807) is 0 Å². The molecule has 2 heterocycles. The topological polar surface area (TPSA) is 88.3 Å². The fraction of sp³-hybridized carbons (Fsp3) is 0.800. The quantitative estimate of drug-likeness (QED) is 0.828. The summed E-state index contributed by atoms with van der Waals surface area (Å²) in [5.41, 5.74) is 0. The number of sulfone groups is 1. The van der Waals surface area contributed by atoms with E-state index in [9.17, 15) is 8.42 Å². The Bertz CT molecular complexity index is 513. The van der Waals surface area contributed by atoms with Gasteiger partial charge in [-0.1, -0.05) is 5.10 Å². The lowest BCUT2D eigenvalue weighted by Crippen LogP contribution is -2.47. The van der Waals surface area contributed by atoms with E-state index in [1.807, 2.05) is 25.8 Å². The molecule has 0 bridgehead atoms. The van der Waals surface area contributed by atoms with Crippen molar-refractivity contribution in [3.63, 3.8) is 0 Å². The molecule has 7 nitrogen and oxygen atoms in total. The predicted octanol–water partition coefficient (Wildman–Crippen LogP) is -0.0267. The Hall–Kier alpha value is -1.15. The van der Waals surface area contributed by atoms with Crippen molar-refractivity contribution >= 4 is 15.9 Å². The van der Waals surface area contributed by atoms with Crippen molar-refractivity contribution in [1.82, 2.24) is 15.5 Å². The molecule has 18 heavy (non-hydrogen) atoms. The smallest absolute Gasteiger partial charge is 0.318 e. The van der Waals surface area contributed by atoms with Crippen LogP contribution in [0.25, 0.3) is 0 Å². The SMILES string of the molecule is CNC(C)c1nnc(N2CCS(=O)(=O)CC2C)o1. The molecule has 0 amide bonds. The summed E-state index contributed by atoms with van der Waals surface area (Å²) in [7, 11) is -1.12. The largest absolute Gasteiger partial charge is 0.406 e. The van der Waals surface area contributed by atoms with E-state index < -0.39 is 9.84 Å². The Morgan fingerprint density at radius 3 is 2.83 bits per heavy atom. The molecular weight excluding hydrogens is 256 g/mol. The highest BCUT2D eigenvalue weighted by Gasteiger charge is 2.31. The van der Waals surface area contributed by atoms with Crippen molar-refractivity contribution in [2.45, 2.75) is 25.9 Å². The molecule has 0 aromatic carbocycles. The van der Waals surface area contributed by atoms with Gasteiger partial charge in [-0.3, -0.25) is 0 Å². The second-order valence-electron chi connectivity index (χ2n) is 4.59. The number of hydrogen-bond donors (Lipinski definition) is 1. The lowest BCUT2D eigenvalue weighted by atomic mass is 10.3. The molecule has 1 aromatic rings. The lowest BCUT2D eigenvalue weighted by molar-refractivity contribution is 0.423. The van der Waals surface area contributed by atoms with Crippen LogP contribution in [0.3, 0.4) is 0 Å². The van der Waals surface area contributed by atoms with Crippen LogP contribution in [-0.4, -0.2) is 49.8 Å². The highest BCUT2D eigenvalue weighted by Crippen LogP contribution is 2.22. The zero-order chi connectivity index (χ0) is 13.3. The Morgan fingerprint density at radius 2 is 2.22 bits per heavy atom. The summed E-state index contributed by atoms with van der Waals surface area (Å²) < 4.78 is 28.5. The molecule has 0 aliphatic carbocycles. The normalized spacial score (nSPS) is 25.1. The molecule has 1 aromatic heterocycles. The average Bonchev–Trinajstić information content (AvgIpc) is 2.76. The van der Waals surface area contributed by atoms with E-state index in [0.717, 1.165) is 0 Å². The van der Waals surface area contributed by atoms with Crippen LogP contribution in [0.15, 0.2) is 4.42 Å². The molecular formula is C10H18N4O3S. The highest BCUT2D eigenvalue weighted by atomic mass is 32.2. The Kier molecular flexibility index (Phi) is 3.58. The first-order chi connectivity index (χ1) is 8.43. The maximum Gasteiger partial charge on any atom is 0.318 e. The Morgan fingerprint density at radius 1 is 1.50 bits per heavy atom. The van der Waals surface area contributed by atoms with Crippen LogP contribution >= 0.6 is 0 Å². The van der Waals surface area contributed by atoms with Gasteiger partial charge < -0.3 is 14.6 Å². The fourth-order valence-electron chi connectivity index (χ4n) is 1.92. The van der Waals surface area contributed by atoms with E-state index in [4.69, 9.17) is 4.42 Å². The average molecular weight is 274 g/mol. The van der Waals surface area contributed by atoms with Crippen molar-refractivity contribution in [1.29, 1.82) is 0 Å². The molecule has 2 atom stereocenters. The number of nitrogens with one attached hydrogen (secondary N) is 1. The third-order valence-electron chi connectivity index (χ3n) is 3.15. The van der Waals surface area contributed by atoms with Gasteiger partial charge in [-0.05, 0) is 20.9 Å². The fourth-order valence-corrected chi connectivity index (χ4v) is 3.48. The van der Waals surface area contributed by atoms with Crippen molar-refractivity contribution in [3.05, 3.63) is 5.89 Å². The van der Waals surface area contributed by atoms with Crippen LogP contribution in [0.4, 0.5) is 6.01 Å². The summed E-state index contributed by atoms with van der Waals surface area (Å²) in [5.74, 6) is 0.774. The van der Waals surface area contributed by atoms with Crippen LogP contribution in [-0.2, 0) is 9.84 Å². The van der Waals surface area contributed by atoms with Gasteiger partial charge in [0.1, 0.15) is 0 Å². The highest BCUT2D eigenvalue weighted by molar-refractivity contribution is 7.91. The molecule has 1 aliphatic heterocycles. The molecule has 1 fully saturated rings. The Labute approximate surface area is 106 Å². The molecule has 1 saturated heterocycles. The first kappa shape index (κ1) is 13.3. The van der Waals surface area contributed by atoms with E-state index in [0.29, 0.717) is 18.5 Å². The summed E-state index contributed by atoms with van der Waals surface area (Å²) in [6.07, 6.45) is 0. The van der Waals surface area contributed by atoms with E-state index in [-0.39, 0.29) is 23.6 Å². The second kappa shape index (κ2) is 4.85. The standard InChI is InChI=1S/C10H18N4O3S/c1-7-6-18(15,16)5-4-14(7)10-13-12-9(17-10)8(2)11-3/h7-8,11H,4-6H2,1-3H3. The molecule has 2 rings (SSSR count). The van der Waals surface area contributed by atoms with Gasteiger partial charge in [0, 0.05) is 12.6 Å². The molecule has 1 N–H and O–H groups in total. The minimum absolute atomic E-state index is 0.0184. The molecule has 0 spiro atoms. The molecule has 102 valence electrons. The van der Waals surface area contributed by atoms with Gasteiger partial charge >= 0.3 is 6.01 Å². The monoisotopic (exact) mass is 274 g/mol. The minimum Gasteiger partial charge on any atom is -0.406 e. The first-order valence-corrected chi connectivity index (χ1v) is 7.73. The number of anilines is 1. The summed E-state index contributed by atoms with van der Waals surface area (Å²) in [4.78, 5) is 1.85. The maximum atomic E-state index is 11.5. The van der Waals surface area contributed by atoms with Crippen LogP contribution in [0.1, 0.15) is 25.8 Å². The predicted molar refractivity (Wildman–Crippen MR) is 67.2 cm³/mol. The number of rotatable bonds is 3. The minimum atomic E-state index is -2.93. The van der Waals surface area contributed by atoms with Gasteiger partial charge in [0.2, 0.25) is 5.89 Å². The molecule has 0 saturated carbocycles. The molecule has 2 unspecified atom stereocenters.